The molecule has 3 aromatic rings. The molecule has 0 amide bonds. The summed E-state index contributed by atoms with van der Waals surface area (Å²) in [5.41, 5.74) is 2.13. The number of sulfonamides is 1. The number of aryl methyl sites for hydroxylation is 1. The minimum absolute atomic E-state index is 0.0562. The van der Waals surface area contributed by atoms with E-state index in [0.717, 1.165) is 25.6 Å². The number of methoxy groups -OCH3 is 1. The number of hydrogen-bond acceptors (Lipinski definition) is 5. The van der Waals surface area contributed by atoms with Gasteiger partial charge in [0.25, 0.3) is 15.6 Å². The molecular weight excluding hydrogens is 442 g/mol. The number of rotatable bonds is 3. The van der Waals surface area contributed by atoms with E-state index in [4.69, 9.17) is 4.74 Å². The van der Waals surface area contributed by atoms with Crippen LogP contribution >= 0.6 is 0 Å². The standard InChI is InChI=1S/C24H25N3O5S/c1-15-6-9-19(10-7-15)33(30,31)27-14-17-13-18(32-5)8-11-20(17)16(2)12-21-22(27)23(28)26(4)24(29)25(21)3/h6-13H,14H2,1-5H3/b16-12-. The monoisotopic (exact) mass is 467 g/mol. The molecule has 0 saturated heterocycles. The van der Waals surface area contributed by atoms with Crippen LogP contribution in [0, 0.1) is 6.92 Å². The van der Waals surface area contributed by atoms with Crippen LogP contribution in [-0.4, -0.2) is 24.7 Å². The molecule has 0 unspecified atom stereocenters. The number of ether oxygens (including phenoxy) is 1. The molecule has 2 heterocycles. The lowest BCUT2D eigenvalue weighted by molar-refractivity contribution is 0.414. The lowest BCUT2D eigenvalue weighted by Gasteiger charge is -2.29. The Morgan fingerprint density at radius 1 is 0.939 bits per heavy atom. The van der Waals surface area contributed by atoms with Crippen molar-refractivity contribution in [2.75, 3.05) is 11.4 Å². The number of benzene rings is 2. The van der Waals surface area contributed by atoms with Gasteiger partial charge in [0.1, 0.15) is 11.4 Å². The van der Waals surface area contributed by atoms with Crippen LogP contribution in [0.15, 0.2) is 56.9 Å². The average molecular weight is 468 g/mol. The van der Waals surface area contributed by atoms with E-state index in [0.29, 0.717) is 11.3 Å². The summed E-state index contributed by atoms with van der Waals surface area (Å²) in [7, 11) is 0.257. The van der Waals surface area contributed by atoms with Crippen LogP contribution in [0.1, 0.15) is 29.3 Å². The molecule has 0 radical (unpaired) electrons. The van der Waals surface area contributed by atoms with E-state index in [1.807, 2.05) is 19.9 Å². The van der Waals surface area contributed by atoms with Crippen LogP contribution in [-0.2, 0) is 30.7 Å². The van der Waals surface area contributed by atoms with E-state index in [1.54, 1.807) is 30.3 Å². The molecule has 1 aliphatic rings. The molecule has 0 saturated carbocycles. The van der Waals surface area contributed by atoms with Crippen LogP contribution in [0.5, 0.6) is 5.75 Å². The molecule has 0 fully saturated rings. The van der Waals surface area contributed by atoms with Gasteiger partial charge in [-0.05, 0) is 60.9 Å². The van der Waals surface area contributed by atoms with Crippen molar-refractivity contribution < 1.29 is 13.2 Å². The highest BCUT2D eigenvalue weighted by molar-refractivity contribution is 7.92. The van der Waals surface area contributed by atoms with E-state index in [1.165, 1.54) is 37.9 Å². The zero-order valence-corrected chi connectivity index (χ0v) is 19.9. The summed E-state index contributed by atoms with van der Waals surface area (Å²) in [5.74, 6) is 0.573. The molecule has 0 bridgehead atoms. The molecule has 33 heavy (non-hydrogen) atoms. The van der Waals surface area contributed by atoms with Crippen LogP contribution in [0.25, 0.3) is 11.6 Å². The second-order valence-electron chi connectivity index (χ2n) is 8.11. The van der Waals surface area contributed by atoms with Gasteiger partial charge in [-0.25, -0.2) is 13.2 Å². The quantitative estimate of drug-likeness (QED) is 0.591. The van der Waals surface area contributed by atoms with E-state index < -0.39 is 21.3 Å². The number of anilines is 1. The van der Waals surface area contributed by atoms with Crippen molar-refractivity contribution in [3.63, 3.8) is 0 Å². The first kappa shape index (κ1) is 22.6. The van der Waals surface area contributed by atoms with Gasteiger partial charge >= 0.3 is 5.69 Å². The molecule has 0 spiro atoms. The largest absolute Gasteiger partial charge is 0.497 e. The maximum atomic E-state index is 13.9. The molecule has 0 atom stereocenters. The minimum Gasteiger partial charge on any atom is -0.497 e. The molecule has 8 nitrogen and oxygen atoms in total. The maximum absolute atomic E-state index is 13.9. The fraction of sp³-hybridized carbons (Fsp3) is 0.250. The van der Waals surface area contributed by atoms with E-state index in [2.05, 4.69) is 0 Å². The Morgan fingerprint density at radius 3 is 2.24 bits per heavy atom. The van der Waals surface area contributed by atoms with Gasteiger partial charge in [-0.3, -0.25) is 18.2 Å². The smallest absolute Gasteiger partial charge is 0.331 e. The molecule has 2 aromatic carbocycles. The highest BCUT2D eigenvalue weighted by atomic mass is 32.2. The van der Waals surface area contributed by atoms with Gasteiger partial charge in [0.15, 0.2) is 0 Å². The molecular formula is C24H25N3O5S. The SMILES string of the molecule is COc1ccc2c(c1)CN(S(=O)(=O)c1ccc(C)cc1)c1c(n(C)c(=O)n(C)c1=O)/C=C\2C. The Bertz CT molecular complexity index is 1510. The van der Waals surface area contributed by atoms with Gasteiger partial charge in [-0.15, -0.1) is 0 Å². The summed E-state index contributed by atoms with van der Waals surface area (Å²) in [6.07, 6.45) is 1.68. The van der Waals surface area contributed by atoms with Crippen molar-refractivity contribution in [2.24, 2.45) is 14.1 Å². The molecule has 172 valence electrons. The Labute approximate surface area is 192 Å². The molecule has 1 aliphatic heterocycles. The van der Waals surface area contributed by atoms with Crippen molar-refractivity contribution in [1.29, 1.82) is 0 Å². The number of allylic oxidation sites excluding steroid dienone is 1. The lowest BCUT2D eigenvalue weighted by Crippen LogP contribution is -2.44. The number of nitrogens with zero attached hydrogens (tertiary/aromatic N) is 3. The van der Waals surface area contributed by atoms with Gasteiger partial charge in [-0.1, -0.05) is 23.8 Å². The predicted octanol–water partition coefficient (Wildman–Crippen LogP) is 2.67. The van der Waals surface area contributed by atoms with E-state index in [9.17, 15) is 18.0 Å². The van der Waals surface area contributed by atoms with E-state index >= 15 is 0 Å². The zero-order valence-electron chi connectivity index (χ0n) is 19.1. The molecule has 9 heteroatoms. The van der Waals surface area contributed by atoms with Gasteiger partial charge in [-0.2, -0.15) is 0 Å². The minimum atomic E-state index is -4.15. The van der Waals surface area contributed by atoms with Crippen molar-refractivity contribution in [3.05, 3.63) is 85.7 Å². The third-order valence-electron chi connectivity index (χ3n) is 5.95. The van der Waals surface area contributed by atoms with Crippen molar-refractivity contribution in [2.45, 2.75) is 25.3 Å². The number of fused-ring (bicyclic) bond motifs is 2. The van der Waals surface area contributed by atoms with Crippen LogP contribution in [0.2, 0.25) is 0 Å². The first-order valence-electron chi connectivity index (χ1n) is 10.3. The van der Waals surface area contributed by atoms with Crippen molar-refractivity contribution >= 4 is 27.4 Å². The molecule has 0 aliphatic carbocycles. The predicted molar refractivity (Wildman–Crippen MR) is 128 cm³/mol. The fourth-order valence-electron chi connectivity index (χ4n) is 4.01. The van der Waals surface area contributed by atoms with Gasteiger partial charge < -0.3 is 4.74 Å². The fourth-order valence-corrected chi connectivity index (χ4v) is 5.47. The summed E-state index contributed by atoms with van der Waals surface area (Å²) in [5, 5.41) is 0. The highest BCUT2D eigenvalue weighted by Crippen LogP contribution is 2.34. The van der Waals surface area contributed by atoms with Crippen LogP contribution in [0.3, 0.4) is 0 Å². The van der Waals surface area contributed by atoms with Crippen molar-refractivity contribution in [1.82, 2.24) is 9.13 Å². The van der Waals surface area contributed by atoms with Gasteiger partial charge in [0.05, 0.1) is 24.2 Å². The lowest BCUT2D eigenvalue weighted by atomic mass is 9.97. The number of hydrogen-bond donors (Lipinski definition) is 0. The summed E-state index contributed by atoms with van der Waals surface area (Å²) in [6, 6.07) is 11.9. The Morgan fingerprint density at radius 2 is 1.61 bits per heavy atom. The topological polar surface area (TPSA) is 90.6 Å². The highest BCUT2D eigenvalue weighted by Gasteiger charge is 2.33. The molecule has 1 aromatic heterocycles. The summed E-state index contributed by atoms with van der Waals surface area (Å²) >= 11 is 0. The average Bonchev–Trinajstić information content (AvgIpc) is 2.79. The maximum Gasteiger partial charge on any atom is 0.331 e. The zero-order chi connectivity index (χ0) is 24.1. The third-order valence-corrected chi connectivity index (χ3v) is 7.71. The van der Waals surface area contributed by atoms with Crippen LogP contribution in [0.4, 0.5) is 5.69 Å². The van der Waals surface area contributed by atoms with E-state index in [-0.39, 0.29) is 22.8 Å². The normalized spacial score (nSPS) is 15.1. The Kier molecular flexibility index (Phi) is 5.53. The van der Waals surface area contributed by atoms with Gasteiger partial charge in [0.2, 0.25) is 0 Å². The second-order valence-corrected chi connectivity index (χ2v) is 9.98. The molecule has 4 rings (SSSR count). The molecule has 0 N–H and O–H groups in total. The summed E-state index contributed by atoms with van der Waals surface area (Å²) in [6.45, 7) is 3.62. The van der Waals surface area contributed by atoms with Crippen LogP contribution < -0.4 is 20.3 Å². The summed E-state index contributed by atoms with van der Waals surface area (Å²) < 4.78 is 36.4. The Hall–Kier alpha value is -3.59. The first-order chi connectivity index (χ1) is 15.6. The number of aromatic nitrogens is 2. The van der Waals surface area contributed by atoms with Crippen molar-refractivity contribution in [3.8, 4) is 5.75 Å². The second kappa shape index (κ2) is 8.08. The summed E-state index contributed by atoms with van der Waals surface area (Å²) in [4.78, 5) is 26.1. The van der Waals surface area contributed by atoms with Gasteiger partial charge in [0, 0.05) is 14.1 Å². The first-order valence-corrected chi connectivity index (χ1v) is 11.7. The third kappa shape index (κ3) is 3.68. The Balaban J connectivity index is 2.11.